The summed E-state index contributed by atoms with van der Waals surface area (Å²) in [5, 5.41) is 0. The lowest BCUT2D eigenvalue weighted by atomic mass is 9.68. The Kier molecular flexibility index (Phi) is 6.65. The molecule has 3 aliphatic carbocycles. The molecule has 1 aliphatic heterocycles. The van der Waals surface area contributed by atoms with Gasteiger partial charge in [-0.05, 0) is 76.0 Å². The van der Waals surface area contributed by atoms with E-state index >= 15 is 0 Å². The number of hydrogen-bond acceptors (Lipinski definition) is 2. The van der Waals surface area contributed by atoms with Crippen LogP contribution < -0.4 is 5.48 Å². The van der Waals surface area contributed by atoms with E-state index < -0.39 is 7.49 Å². The molecule has 0 aromatic rings. The molecule has 4 rings (SSSR count). The van der Waals surface area contributed by atoms with E-state index in [1.807, 2.05) is 0 Å². The van der Waals surface area contributed by atoms with Gasteiger partial charge in [-0.1, -0.05) is 46.0 Å². The van der Waals surface area contributed by atoms with E-state index in [4.69, 9.17) is 4.62 Å². The van der Waals surface area contributed by atoms with Crippen LogP contribution in [0.2, 0.25) is 0 Å². The maximum absolute atomic E-state index is 6.99. The van der Waals surface area contributed by atoms with Crippen LogP contribution in [0.25, 0.3) is 0 Å². The molecule has 6 unspecified atom stereocenters. The molecule has 1 saturated heterocycles. The third kappa shape index (κ3) is 3.42. The first-order valence-corrected chi connectivity index (χ1v) is 14.0. The summed E-state index contributed by atoms with van der Waals surface area (Å²) in [5.74, 6) is 1.93. The molecule has 0 aromatic heterocycles. The van der Waals surface area contributed by atoms with Gasteiger partial charge >= 0.3 is 0 Å². The molecule has 0 aromatic carbocycles. The Balaban J connectivity index is 1.62. The van der Waals surface area contributed by atoms with Gasteiger partial charge in [0, 0.05) is 0 Å². The second-order valence-electron chi connectivity index (χ2n) is 9.85. The average molecular weight is 381 g/mol. The fraction of sp³-hybridized carbons (Fsp3) is 1.00. The molecule has 4 aliphatic rings. The van der Waals surface area contributed by atoms with Gasteiger partial charge in [-0.2, -0.15) is 10.1 Å². The van der Waals surface area contributed by atoms with Crippen LogP contribution in [0.3, 0.4) is 0 Å². The van der Waals surface area contributed by atoms with Crippen molar-refractivity contribution in [1.82, 2.24) is 5.48 Å². The molecule has 0 radical (unpaired) electrons. The molecule has 3 saturated carbocycles. The monoisotopic (exact) mass is 380 g/mol. The Morgan fingerprint density at radius 2 is 1.69 bits per heavy atom. The maximum atomic E-state index is 6.99. The summed E-state index contributed by atoms with van der Waals surface area (Å²) in [6.45, 7) is 4.83. The zero-order valence-electron chi connectivity index (χ0n) is 17.4. The minimum atomic E-state index is -1.37. The van der Waals surface area contributed by atoms with Crippen LogP contribution in [-0.4, -0.2) is 23.0 Å². The molecule has 0 amide bonds. The lowest BCUT2D eigenvalue weighted by molar-refractivity contribution is 0.0871. The van der Waals surface area contributed by atoms with E-state index in [2.05, 4.69) is 19.3 Å². The number of hydrogen-bond donors (Lipinski definition) is 1. The first-order chi connectivity index (χ1) is 12.8. The van der Waals surface area contributed by atoms with Crippen LogP contribution >= 0.6 is 7.49 Å². The van der Waals surface area contributed by atoms with Crippen LogP contribution in [0.5, 0.6) is 0 Å². The van der Waals surface area contributed by atoms with Crippen molar-refractivity contribution in [2.24, 2.45) is 11.8 Å². The summed E-state index contributed by atoms with van der Waals surface area (Å²) in [7, 11) is -1.37. The number of rotatable bonds is 6. The van der Waals surface area contributed by atoms with Gasteiger partial charge in [-0.25, -0.2) is 0 Å². The molecule has 1 heterocycles. The summed E-state index contributed by atoms with van der Waals surface area (Å²) in [6, 6.07) is 0.708. The second kappa shape index (κ2) is 8.79. The zero-order chi connectivity index (χ0) is 18.0. The predicted octanol–water partition coefficient (Wildman–Crippen LogP) is 7.09. The van der Waals surface area contributed by atoms with Gasteiger partial charge in [0.2, 0.25) is 0 Å². The summed E-state index contributed by atoms with van der Waals surface area (Å²) in [6.07, 6.45) is 21.8. The summed E-state index contributed by atoms with van der Waals surface area (Å²) in [4.78, 5) is 0. The van der Waals surface area contributed by atoms with Crippen molar-refractivity contribution in [2.75, 3.05) is 0 Å². The Hall–Kier alpha value is 0.350. The molecule has 2 nitrogen and oxygen atoms in total. The smallest absolute Gasteiger partial charge is 0.156 e. The fourth-order valence-electron chi connectivity index (χ4n) is 7.36. The Morgan fingerprint density at radius 3 is 2.46 bits per heavy atom. The quantitative estimate of drug-likeness (QED) is 0.496. The van der Waals surface area contributed by atoms with E-state index in [9.17, 15) is 0 Å². The van der Waals surface area contributed by atoms with Crippen LogP contribution in [-0.2, 0) is 4.62 Å². The standard InChI is InChI=1S/C23H43NOP/c1-3-5-12-19(4-2)26(20-13-7-6-8-14-20)22-17-16-18-11-9-10-15-21(18)23(22)24-25-26/h18-24H,3-17H2,1-2H3/q+1. The van der Waals surface area contributed by atoms with E-state index in [0.29, 0.717) is 6.04 Å². The van der Waals surface area contributed by atoms with E-state index in [1.165, 1.54) is 96.3 Å². The lowest BCUT2D eigenvalue weighted by Crippen LogP contribution is -2.47. The van der Waals surface area contributed by atoms with Crippen molar-refractivity contribution in [3.05, 3.63) is 0 Å². The van der Waals surface area contributed by atoms with Crippen molar-refractivity contribution in [3.63, 3.8) is 0 Å². The normalized spacial score (nSPS) is 42.2. The van der Waals surface area contributed by atoms with Crippen LogP contribution in [0.4, 0.5) is 0 Å². The number of fused-ring (bicyclic) bond motifs is 3. The van der Waals surface area contributed by atoms with Gasteiger partial charge in [-0.3, -0.25) is 0 Å². The highest BCUT2D eigenvalue weighted by atomic mass is 31.2. The van der Waals surface area contributed by atoms with Gasteiger partial charge in [0.1, 0.15) is 5.66 Å². The summed E-state index contributed by atoms with van der Waals surface area (Å²) >= 11 is 0. The molecule has 1 N–H and O–H groups in total. The van der Waals surface area contributed by atoms with Gasteiger partial charge in [-0.15, -0.1) is 0 Å². The highest BCUT2D eigenvalue weighted by molar-refractivity contribution is 7.73. The van der Waals surface area contributed by atoms with E-state index in [-0.39, 0.29) is 0 Å². The number of unbranched alkanes of at least 4 members (excludes halogenated alkanes) is 1. The SMILES string of the molecule is CCCCC(CC)[P+]1(C2CCCCC2)ONC2C3CCCCC3CCC21. The Labute approximate surface area is 163 Å². The molecule has 4 fully saturated rings. The van der Waals surface area contributed by atoms with Gasteiger partial charge in [0.05, 0.1) is 17.4 Å². The van der Waals surface area contributed by atoms with Crippen LogP contribution in [0.1, 0.15) is 110 Å². The highest BCUT2D eigenvalue weighted by Gasteiger charge is 2.68. The van der Waals surface area contributed by atoms with Gasteiger partial charge < -0.3 is 0 Å². The van der Waals surface area contributed by atoms with Crippen LogP contribution in [0.15, 0.2) is 0 Å². The summed E-state index contributed by atoms with van der Waals surface area (Å²) < 4.78 is 6.99. The zero-order valence-corrected chi connectivity index (χ0v) is 18.3. The third-order valence-electron chi connectivity index (χ3n) is 8.62. The predicted molar refractivity (Wildman–Crippen MR) is 114 cm³/mol. The first-order valence-electron chi connectivity index (χ1n) is 12.1. The topological polar surface area (TPSA) is 21.3 Å². The Morgan fingerprint density at radius 1 is 0.923 bits per heavy atom. The summed E-state index contributed by atoms with van der Waals surface area (Å²) in [5.41, 5.74) is 6.47. The van der Waals surface area contributed by atoms with Crippen molar-refractivity contribution in [2.45, 2.75) is 133 Å². The minimum absolute atomic E-state index is 0.708. The van der Waals surface area contributed by atoms with E-state index in [0.717, 1.165) is 28.8 Å². The molecular formula is C23H43NOP+. The first kappa shape index (κ1) is 19.7. The van der Waals surface area contributed by atoms with E-state index in [1.54, 1.807) is 0 Å². The van der Waals surface area contributed by atoms with Crippen LogP contribution in [0, 0.1) is 11.8 Å². The fourth-order valence-corrected chi connectivity index (χ4v) is 13.4. The van der Waals surface area contributed by atoms with Crippen molar-refractivity contribution in [1.29, 1.82) is 0 Å². The molecule has 26 heavy (non-hydrogen) atoms. The molecule has 3 heteroatoms. The number of hydroxylamine groups is 1. The molecule has 0 spiro atoms. The molecular weight excluding hydrogens is 337 g/mol. The largest absolute Gasteiger partial charge is 0.181 e. The van der Waals surface area contributed by atoms with Crippen molar-refractivity contribution in [3.8, 4) is 0 Å². The average Bonchev–Trinajstić information content (AvgIpc) is 3.10. The lowest BCUT2D eigenvalue weighted by Gasteiger charge is -2.45. The molecule has 150 valence electrons. The Bertz CT molecular complexity index is 451. The molecule has 0 bridgehead atoms. The third-order valence-corrected chi connectivity index (χ3v) is 14.1. The van der Waals surface area contributed by atoms with Gasteiger partial charge in [0.15, 0.2) is 7.49 Å². The van der Waals surface area contributed by atoms with Crippen molar-refractivity contribution >= 4 is 7.49 Å². The number of nitrogens with one attached hydrogen (secondary N) is 1. The molecule has 6 atom stereocenters. The maximum Gasteiger partial charge on any atom is 0.181 e. The second-order valence-corrected chi connectivity index (χ2v) is 13.7. The van der Waals surface area contributed by atoms with Gasteiger partial charge in [0.25, 0.3) is 0 Å². The van der Waals surface area contributed by atoms with Crippen molar-refractivity contribution < 1.29 is 4.62 Å². The minimum Gasteiger partial charge on any atom is -0.156 e. The highest BCUT2D eigenvalue weighted by Crippen LogP contribution is 2.79.